The maximum atomic E-state index is 12.8. The molecule has 0 saturated heterocycles. The van der Waals surface area contributed by atoms with Gasteiger partial charge in [0.05, 0.1) is 23.5 Å². The Labute approximate surface area is 185 Å². The van der Waals surface area contributed by atoms with Crippen molar-refractivity contribution in [2.75, 3.05) is 5.32 Å². The standard InChI is InChI=1S/C24H23N5OS/c30-23(13-19-16-31-24(26-19)18-9-6-12-25-15-18)27-22-14-21(17-7-4-5-8-17)28-29(22)20-10-2-1-3-11-20/h1-3,6,9-12,14-17H,4-5,7-8,13H2,(H,27,30). The SMILES string of the molecule is O=C(Cc1csc(-c2cccnc2)n1)Nc1cc(C2CCCC2)nn1-c1ccccc1. The molecule has 3 heterocycles. The summed E-state index contributed by atoms with van der Waals surface area (Å²) in [5.74, 6) is 1.08. The van der Waals surface area contributed by atoms with Crippen molar-refractivity contribution in [1.82, 2.24) is 19.7 Å². The van der Waals surface area contributed by atoms with Crippen LogP contribution in [-0.4, -0.2) is 25.7 Å². The van der Waals surface area contributed by atoms with Gasteiger partial charge in [0.1, 0.15) is 10.8 Å². The Balaban J connectivity index is 1.35. The molecule has 6 nitrogen and oxygen atoms in total. The maximum Gasteiger partial charge on any atom is 0.231 e. The van der Waals surface area contributed by atoms with Gasteiger partial charge in [-0.05, 0) is 37.1 Å². The predicted molar refractivity (Wildman–Crippen MR) is 122 cm³/mol. The van der Waals surface area contributed by atoms with Gasteiger partial charge in [-0.2, -0.15) is 5.10 Å². The third kappa shape index (κ3) is 4.41. The lowest BCUT2D eigenvalue weighted by molar-refractivity contribution is -0.115. The van der Waals surface area contributed by atoms with E-state index in [1.54, 1.807) is 12.4 Å². The van der Waals surface area contributed by atoms with Crippen LogP contribution in [0.5, 0.6) is 0 Å². The summed E-state index contributed by atoms with van der Waals surface area (Å²) in [6.07, 6.45) is 8.55. The van der Waals surface area contributed by atoms with Crippen LogP contribution < -0.4 is 5.32 Å². The summed E-state index contributed by atoms with van der Waals surface area (Å²) >= 11 is 1.52. The second-order valence-electron chi connectivity index (χ2n) is 7.79. The highest BCUT2D eigenvalue weighted by atomic mass is 32.1. The topological polar surface area (TPSA) is 72.7 Å². The van der Waals surface area contributed by atoms with E-state index in [1.807, 2.05) is 58.6 Å². The molecular weight excluding hydrogens is 406 g/mol. The highest BCUT2D eigenvalue weighted by Gasteiger charge is 2.22. The van der Waals surface area contributed by atoms with Gasteiger partial charge in [0.15, 0.2) is 0 Å². The van der Waals surface area contributed by atoms with Crippen molar-refractivity contribution in [2.24, 2.45) is 0 Å². The normalized spacial score (nSPS) is 14.1. The number of hydrogen-bond donors (Lipinski definition) is 1. The molecule has 1 amide bonds. The van der Waals surface area contributed by atoms with Gasteiger partial charge in [0, 0.05) is 35.3 Å². The summed E-state index contributed by atoms with van der Waals surface area (Å²) < 4.78 is 1.84. The Morgan fingerprint density at radius 3 is 2.74 bits per heavy atom. The predicted octanol–water partition coefficient (Wildman–Crippen LogP) is 5.23. The van der Waals surface area contributed by atoms with Gasteiger partial charge in [-0.1, -0.05) is 31.0 Å². The summed E-state index contributed by atoms with van der Waals surface area (Å²) in [5, 5.41) is 10.7. The molecule has 0 spiro atoms. The van der Waals surface area contributed by atoms with Crippen LogP contribution in [0.1, 0.15) is 43.0 Å². The quantitative estimate of drug-likeness (QED) is 0.455. The van der Waals surface area contributed by atoms with Gasteiger partial charge in [0.2, 0.25) is 5.91 Å². The Bertz CT molecular complexity index is 1160. The van der Waals surface area contributed by atoms with Gasteiger partial charge in [-0.25, -0.2) is 9.67 Å². The zero-order valence-corrected chi connectivity index (χ0v) is 17.9. The number of carbonyl (C=O) groups is 1. The number of aromatic nitrogens is 4. The number of carbonyl (C=O) groups excluding carboxylic acids is 1. The zero-order valence-electron chi connectivity index (χ0n) is 17.1. The highest BCUT2D eigenvalue weighted by Crippen LogP contribution is 2.35. The fraction of sp³-hybridized carbons (Fsp3) is 0.250. The van der Waals surface area contributed by atoms with Gasteiger partial charge in [-0.3, -0.25) is 9.78 Å². The van der Waals surface area contributed by atoms with Crippen molar-refractivity contribution in [3.63, 3.8) is 0 Å². The van der Waals surface area contributed by atoms with Crippen LogP contribution in [0.3, 0.4) is 0 Å². The fourth-order valence-electron chi connectivity index (χ4n) is 4.04. The molecule has 3 aromatic heterocycles. The third-order valence-corrected chi connectivity index (χ3v) is 6.51. The Morgan fingerprint density at radius 2 is 1.97 bits per heavy atom. The molecule has 0 atom stereocenters. The van der Waals surface area contributed by atoms with Crippen molar-refractivity contribution in [3.05, 3.63) is 77.7 Å². The molecule has 5 rings (SSSR count). The molecule has 0 bridgehead atoms. The molecule has 1 aliphatic rings. The van der Waals surface area contributed by atoms with E-state index in [0.29, 0.717) is 11.7 Å². The average Bonchev–Trinajstić information content (AvgIpc) is 3.56. The number of amides is 1. The summed E-state index contributed by atoms with van der Waals surface area (Å²) in [4.78, 5) is 21.6. The molecule has 1 fully saturated rings. The smallest absolute Gasteiger partial charge is 0.231 e. The molecule has 7 heteroatoms. The van der Waals surface area contributed by atoms with Gasteiger partial charge in [-0.15, -0.1) is 11.3 Å². The lowest BCUT2D eigenvalue weighted by atomic mass is 10.0. The van der Waals surface area contributed by atoms with E-state index in [9.17, 15) is 4.79 Å². The van der Waals surface area contributed by atoms with Crippen LogP contribution in [0, 0.1) is 0 Å². The minimum absolute atomic E-state index is 0.0990. The molecule has 0 aliphatic heterocycles. The summed E-state index contributed by atoms with van der Waals surface area (Å²) in [7, 11) is 0. The van der Waals surface area contributed by atoms with Crippen LogP contribution >= 0.6 is 11.3 Å². The number of benzene rings is 1. The summed E-state index contributed by atoms with van der Waals surface area (Å²) in [6, 6.07) is 15.8. The molecule has 0 radical (unpaired) electrons. The fourth-order valence-corrected chi connectivity index (χ4v) is 4.85. The largest absolute Gasteiger partial charge is 0.310 e. The molecule has 1 aliphatic carbocycles. The van der Waals surface area contributed by atoms with Crippen LogP contribution in [0.15, 0.2) is 66.3 Å². The van der Waals surface area contributed by atoms with E-state index >= 15 is 0 Å². The first-order chi connectivity index (χ1) is 15.3. The van der Waals surface area contributed by atoms with E-state index < -0.39 is 0 Å². The molecule has 156 valence electrons. The first kappa shape index (κ1) is 19.6. The Hall–Kier alpha value is -3.32. The minimum Gasteiger partial charge on any atom is -0.310 e. The number of rotatable bonds is 6. The first-order valence-electron chi connectivity index (χ1n) is 10.6. The van der Waals surface area contributed by atoms with E-state index in [-0.39, 0.29) is 12.3 Å². The Morgan fingerprint density at radius 1 is 1.13 bits per heavy atom. The van der Waals surface area contributed by atoms with Gasteiger partial charge in [0.25, 0.3) is 0 Å². The number of pyridine rings is 1. The molecular formula is C24H23N5OS. The maximum absolute atomic E-state index is 12.8. The number of thiazole rings is 1. The van der Waals surface area contributed by atoms with Crippen LogP contribution in [0.25, 0.3) is 16.3 Å². The lowest BCUT2D eigenvalue weighted by Crippen LogP contribution is -2.17. The average molecular weight is 430 g/mol. The van der Waals surface area contributed by atoms with E-state index in [2.05, 4.69) is 15.3 Å². The third-order valence-electron chi connectivity index (χ3n) is 5.57. The molecule has 1 saturated carbocycles. The number of para-hydroxylation sites is 1. The number of anilines is 1. The molecule has 0 unspecified atom stereocenters. The van der Waals surface area contributed by atoms with Crippen molar-refractivity contribution < 1.29 is 4.79 Å². The lowest BCUT2D eigenvalue weighted by Gasteiger charge is -2.08. The van der Waals surface area contributed by atoms with E-state index in [4.69, 9.17) is 5.10 Å². The van der Waals surface area contributed by atoms with E-state index in [1.165, 1.54) is 24.2 Å². The van der Waals surface area contributed by atoms with Crippen molar-refractivity contribution >= 4 is 23.1 Å². The molecule has 1 aromatic carbocycles. The molecule has 31 heavy (non-hydrogen) atoms. The van der Waals surface area contributed by atoms with Gasteiger partial charge < -0.3 is 5.32 Å². The first-order valence-corrected chi connectivity index (χ1v) is 11.4. The van der Waals surface area contributed by atoms with Crippen molar-refractivity contribution in [3.8, 4) is 16.3 Å². The zero-order chi connectivity index (χ0) is 21.0. The van der Waals surface area contributed by atoms with Crippen LogP contribution in [-0.2, 0) is 11.2 Å². The van der Waals surface area contributed by atoms with Crippen molar-refractivity contribution in [1.29, 1.82) is 0 Å². The second kappa shape index (κ2) is 8.81. The Kier molecular flexibility index (Phi) is 5.58. The number of nitrogens with zero attached hydrogens (tertiary/aromatic N) is 4. The summed E-state index contributed by atoms with van der Waals surface area (Å²) in [6.45, 7) is 0. The monoisotopic (exact) mass is 429 g/mol. The van der Waals surface area contributed by atoms with E-state index in [0.717, 1.165) is 40.5 Å². The molecule has 4 aromatic rings. The number of hydrogen-bond acceptors (Lipinski definition) is 5. The van der Waals surface area contributed by atoms with Crippen LogP contribution in [0.4, 0.5) is 5.82 Å². The second-order valence-corrected chi connectivity index (χ2v) is 8.65. The van der Waals surface area contributed by atoms with Gasteiger partial charge >= 0.3 is 0 Å². The number of nitrogens with one attached hydrogen (secondary N) is 1. The molecule has 1 N–H and O–H groups in total. The van der Waals surface area contributed by atoms with Crippen molar-refractivity contribution in [2.45, 2.75) is 38.0 Å². The van der Waals surface area contributed by atoms with Crippen LogP contribution in [0.2, 0.25) is 0 Å². The highest BCUT2D eigenvalue weighted by molar-refractivity contribution is 7.13. The summed E-state index contributed by atoms with van der Waals surface area (Å²) in [5.41, 5.74) is 3.71. The minimum atomic E-state index is -0.0990.